The number of rotatable bonds is 3. The zero-order valence-electron chi connectivity index (χ0n) is 15.7. The topological polar surface area (TPSA) is 95.0 Å². The summed E-state index contributed by atoms with van der Waals surface area (Å²) in [6, 6.07) is -1.36. The number of fused-ring (bicyclic) bond motifs is 1. The van der Waals surface area contributed by atoms with Crippen LogP contribution in [0.2, 0.25) is 0 Å². The first-order valence-electron chi connectivity index (χ1n) is 7.74. The van der Waals surface area contributed by atoms with Crippen molar-refractivity contribution in [3.63, 3.8) is 0 Å². The smallest absolute Gasteiger partial charge is 1.00 e. The van der Waals surface area contributed by atoms with Crippen molar-refractivity contribution >= 4 is 22.1 Å². The Morgan fingerprint density at radius 2 is 1.96 bits per heavy atom. The zero-order chi connectivity index (χ0) is 17.3. The maximum Gasteiger partial charge on any atom is 1.00 e. The summed E-state index contributed by atoms with van der Waals surface area (Å²) in [7, 11) is -4.54. The Kier molecular flexibility index (Phi) is 5.05. The minimum absolute atomic E-state index is 0. The Morgan fingerprint density at radius 3 is 2.46 bits per heavy atom. The van der Waals surface area contributed by atoms with Crippen molar-refractivity contribution < 1.29 is 53.5 Å². The molecule has 130 valence electrons. The molecule has 0 aromatic rings. The summed E-state index contributed by atoms with van der Waals surface area (Å²) in [5.74, 6) is -0.829. The van der Waals surface area contributed by atoms with Gasteiger partial charge in [0.05, 0.1) is 12.0 Å². The van der Waals surface area contributed by atoms with Crippen LogP contribution in [0.5, 0.6) is 0 Å². The second-order valence-electron chi connectivity index (χ2n) is 7.51. The van der Waals surface area contributed by atoms with Crippen molar-refractivity contribution in [2.45, 2.75) is 46.2 Å². The van der Waals surface area contributed by atoms with Crippen molar-refractivity contribution in [2.75, 3.05) is 6.54 Å². The summed E-state index contributed by atoms with van der Waals surface area (Å²) in [5.41, 5.74) is 0.997. The summed E-state index contributed by atoms with van der Waals surface area (Å²) in [6.07, 6.45) is 2.46. The van der Waals surface area contributed by atoms with Gasteiger partial charge in [-0.15, -0.1) is 0 Å². The molecule has 2 amide bonds. The number of nitrogens with zero attached hydrogens (tertiary/aromatic N) is 2. The quantitative estimate of drug-likeness (QED) is 0.269. The molecule has 1 saturated carbocycles. The van der Waals surface area contributed by atoms with E-state index < -0.39 is 28.3 Å². The van der Waals surface area contributed by atoms with Crippen molar-refractivity contribution in [1.82, 2.24) is 9.21 Å². The Bertz CT molecular complexity index is 719. The molecule has 3 aliphatic rings. The normalized spacial score (nSPS) is 33.3. The third kappa shape index (κ3) is 2.86. The van der Waals surface area contributed by atoms with E-state index in [1.165, 1.54) is 4.90 Å². The molecular formula is C15H23N2NaO5S. The predicted molar refractivity (Wildman–Crippen MR) is 83.6 cm³/mol. The van der Waals surface area contributed by atoms with Crippen molar-refractivity contribution in [3.8, 4) is 0 Å². The first-order valence-corrected chi connectivity index (χ1v) is 9.14. The van der Waals surface area contributed by atoms with Crippen LogP contribution in [0.25, 0.3) is 0 Å². The molecule has 7 nitrogen and oxygen atoms in total. The van der Waals surface area contributed by atoms with Gasteiger partial charge in [0.2, 0.25) is 5.91 Å². The van der Waals surface area contributed by atoms with Gasteiger partial charge < -0.3 is 6.33 Å². The SMILES string of the molecule is CC(C)=C[C@H]1[C@@H](C(=O)N2CC[C@@H]3[C@H]2C(=O)N3S(=O)(=O)O)C1(C)C.[H-].[Na+]. The minimum Gasteiger partial charge on any atom is -1.00 e. The van der Waals surface area contributed by atoms with E-state index in [4.69, 9.17) is 4.55 Å². The van der Waals surface area contributed by atoms with Crippen molar-refractivity contribution in [2.24, 2.45) is 17.3 Å². The first-order chi connectivity index (χ1) is 10.5. The van der Waals surface area contributed by atoms with Gasteiger partial charge in [0.1, 0.15) is 6.04 Å². The largest absolute Gasteiger partial charge is 1.00 e. The van der Waals surface area contributed by atoms with E-state index in [1.54, 1.807) is 0 Å². The van der Waals surface area contributed by atoms with Gasteiger partial charge in [-0.25, -0.2) is 4.31 Å². The molecule has 0 spiro atoms. The van der Waals surface area contributed by atoms with E-state index >= 15 is 0 Å². The maximum atomic E-state index is 12.8. The minimum atomic E-state index is -4.54. The molecule has 24 heavy (non-hydrogen) atoms. The van der Waals surface area contributed by atoms with E-state index in [-0.39, 0.29) is 54.1 Å². The summed E-state index contributed by atoms with van der Waals surface area (Å²) < 4.78 is 32.0. The second kappa shape index (κ2) is 6.09. The Morgan fingerprint density at radius 1 is 1.38 bits per heavy atom. The fourth-order valence-electron chi connectivity index (χ4n) is 4.06. The molecule has 0 bridgehead atoms. The summed E-state index contributed by atoms with van der Waals surface area (Å²) in [5, 5.41) is 0. The van der Waals surface area contributed by atoms with E-state index in [1.807, 2.05) is 27.7 Å². The molecule has 2 aliphatic heterocycles. The summed E-state index contributed by atoms with van der Waals surface area (Å²) >= 11 is 0. The van der Waals surface area contributed by atoms with Gasteiger partial charge in [-0.3, -0.25) is 14.1 Å². The average molecular weight is 366 g/mol. The Balaban J connectivity index is 0.00000156. The van der Waals surface area contributed by atoms with Gasteiger partial charge in [-0.1, -0.05) is 25.5 Å². The Labute approximate surface area is 166 Å². The number of carbonyl (C=O) groups excluding carboxylic acids is 2. The van der Waals surface area contributed by atoms with Crippen LogP contribution < -0.4 is 29.6 Å². The number of carbonyl (C=O) groups is 2. The molecular weight excluding hydrogens is 343 g/mol. The van der Waals surface area contributed by atoms with Gasteiger partial charge in [-0.05, 0) is 31.6 Å². The molecule has 3 fully saturated rings. The fraction of sp³-hybridized carbons (Fsp3) is 0.733. The molecule has 0 aromatic carbocycles. The van der Waals surface area contributed by atoms with Gasteiger partial charge in [0, 0.05) is 6.54 Å². The van der Waals surface area contributed by atoms with Gasteiger partial charge in [-0.2, -0.15) is 8.42 Å². The van der Waals surface area contributed by atoms with Crippen molar-refractivity contribution in [3.05, 3.63) is 11.6 Å². The summed E-state index contributed by atoms with van der Waals surface area (Å²) in [6.45, 7) is 8.38. The summed E-state index contributed by atoms with van der Waals surface area (Å²) in [4.78, 5) is 26.4. The van der Waals surface area contributed by atoms with Crippen LogP contribution in [-0.4, -0.2) is 52.6 Å². The number of hydrogen-bond donors (Lipinski definition) is 1. The maximum absolute atomic E-state index is 12.8. The average Bonchev–Trinajstić information content (AvgIpc) is 2.76. The van der Waals surface area contributed by atoms with Gasteiger partial charge in [0.15, 0.2) is 0 Å². The van der Waals surface area contributed by atoms with E-state index in [2.05, 4.69) is 6.08 Å². The van der Waals surface area contributed by atoms with Gasteiger partial charge >= 0.3 is 39.9 Å². The molecule has 1 N–H and O–H groups in total. The van der Waals surface area contributed by atoms with Crippen LogP contribution in [0.4, 0.5) is 0 Å². The molecule has 3 rings (SSSR count). The van der Waals surface area contributed by atoms with Crippen LogP contribution in [0.1, 0.15) is 35.5 Å². The molecule has 2 heterocycles. The van der Waals surface area contributed by atoms with E-state index in [0.717, 1.165) is 5.57 Å². The monoisotopic (exact) mass is 366 g/mol. The predicted octanol–water partition coefficient (Wildman–Crippen LogP) is -2.04. The fourth-order valence-corrected chi connectivity index (χ4v) is 4.96. The molecule has 0 unspecified atom stereocenters. The van der Waals surface area contributed by atoms with Crippen LogP contribution >= 0.6 is 0 Å². The van der Waals surface area contributed by atoms with Crippen LogP contribution in [-0.2, 0) is 19.9 Å². The molecule has 2 saturated heterocycles. The zero-order valence-corrected chi connectivity index (χ0v) is 17.5. The number of hydrogen-bond acceptors (Lipinski definition) is 4. The molecule has 0 aromatic heterocycles. The molecule has 9 heteroatoms. The first kappa shape index (κ1) is 19.9. The molecule has 0 radical (unpaired) electrons. The third-order valence-corrected chi connectivity index (χ3v) is 6.31. The van der Waals surface area contributed by atoms with Crippen molar-refractivity contribution in [1.29, 1.82) is 0 Å². The van der Waals surface area contributed by atoms with Crippen LogP contribution in [0, 0.1) is 17.3 Å². The number of allylic oxidation sites excluding steroid dienone is 2. The van der Waals surface area contributed by atoms with E-state index in [0.29, 0.717) is 17.3 Å². The number of likely N-dealkylation sites (tertiary alicyclic amines) is 1. The number of amides is 2. The second-order valence-corrected chi connectivity index (χ2v) is 8.80. The van der Waals surface area contributed by atoms with Crippen LogP contribution in [0.15, 0.2) is 11.6 Å². The Hall–Kier alpha value is -0.410. The molecule has 1 aliphatic carbocycles. The standard InChI is InChI=1S/C15H22N2O5S.Na.H/c1-8(2)7-9-11(15(9,3)4)13(18)16-6-5-10-12(16)14(19)17(10)23(20,21)22;;/h7,9-12H,5-6H2,1-4H3,(H,20,21,22);;/q;+1;-1/t9-,10+,11-,12-;;/m0../s1. The van der Waals surface area contributed by atoms with Crippen LogP contribution in [0.3, 0.4) is 0 Å². The number of β-lactam (4-membered cyclic amide) rings is 1. The third-order valence-electron chi connectivity index (χ3n) is 5.36. The van der Waals surface area contributed by atoms with Gasteiger partial charge in [0.25, 0.3) is 5.91 Å². The van der Waals surface area contributed by atoms with E-state index in [9.17, 15) is 18.0 Å². The molecule has 4 atom stereocenters.